The van der Waals surface area contributed by atoms with Gasteiger partial charge in [0.25, 0.3) is 0 Å². The molecule has 1 aromatic carbocycles. The Morgan fingerprint density at radius 3 is 2.16 bits per heavy atom. The van der Waals surface area contributed by atoms with Gasteiger partial charge in [-0.15, -0.1) is 0 Å². The smallest absolute Gasteiger partial charge is 0.319 e. The van der Waals surface area contributed by atoms with Crippen molar-refractivity contribution in [1.29, 1.82) is 0 Å². The van der Waals surface area contributed by atoms with E-state index in [1.165, 1.54) is 13.8 Å². The summed E-state index contributed by atoms with van der Waals surface area (Å²) in [4.78, 5) is 23.7. The number of Topliss-reactive ketones (excluding diaryl/α,β-unsaturated/α-hetero) is 1. The summed E-state index contributed by atoms with van der Waals surface area (Å²) in [5, 5.41) is 0. The molecule has 3 nitrogen and oxygen atoms in total. The zero-order valence-electron chi connectivity index (χ0n) is 11.1. The minimum Gasteiger partial charge on any atom is -0.465 e. The van der Waals surface area contributed by atoms with Crippen molar-refractivity contribution in [3.8, 4) is 0 Å². The topological polar surface area (TPSA) is 43.4 Å². The van der Waals surface area contributed by atoms with Crippen LogP contribution in [0, 0.1) is 17.0 Å². The summed E-state index contributed by atoms with van der Waals surface area (Å²) in [6, 6.07) is 2.87. The first-order valence-corrected chi connectivity index (χ1v) is 5.93. The van der Waals surface area contributed by atoms with Crippen molar-refractivity contribution >= 4 is 11.8 Å². The van der Waals surface area contributed by atoms with Crippen LogP contribution in [0.15, 0.2) is 18.2 Å². The highest BCUT2D eigenvalue weighted by Crippen LogP contribution is 2.22. The van der Waals surface area contributed by atoms with Crippen molar-refractivity contribution in [2.75, 3.05) is 6.61 Å². The van der Waals surface area contributed by atoms with Crippen molar-refractivity contribution in [3.05, 3.63) is 35.4 Å². The molecule has 0 amide bonds. The summed E-state index contributed by atoms with van der Waals surface area (Å²) in [5.41, 5.74) is -1.14. The van der Waals surface area contributed by atoms with Gasteiger partial charge in [0.1, 0.15) is 17.0 Å². The first kappa shape index (κ1) is 15.3. The second kappa shape index (κ2) is 5.91. The van der Waals surface area contributed by atoms with Crippen molar-refractivity contribution in [1.82, 2.24) is 0 Å². The number of ketones is 1. The largest absolute Gasteiger partial charge is 0.465 e. The molecule has 0 bridgehead atoms. The fourth-order valence-electron chi connectivity index (χ4n) is 1.54. The highest BCUT2D eigenvalue weighted by atomic mass is 19.1. The molecule has 0 aliphatic heterocycles. The van der Waals surface area contributed by atoms with Crippen molar-refractivity contribution < 1.29 is 23.1 Å². The van der Waals surface area contributed by atoms with Gasteiger partial charge in [-0.25, -0.2) is 8.78 Å². The molecular weight excluding hydrogens is 254 g/mol. The van der Waals surface area contributed by atoms with Gasteiger partial charge < -0.3 is 4.74 Å². The molecule has 0 spiro atoms. The van der Waals surface area contributed by atoms with Crippen molar-refractivity contribution in [2.45, 2.75) is 27.2 Å². The standard InChI is InChI=1S/C14H16F2O3/c1-4-19-13(18)14(2,3)12(17)7-9-5-10(15)8-11(16)6-9/h5-6,8H,4,7H2,1-3H3. The van der Waals surface area contributed by atoms with Gasteiger partial charge in [0.05, 0.1) is 6.61 Å². The van der Waals surface area contributed by atoms with E-state index in [4.69, 9.17) is 4.74 Å². The molecule has 0 saturated carbocycles. The number of carbonyl (C=O) groups excluding carboxylic acids is 2. The highest BCUT2D eigenvalue weighted by Gasteiger charge is 2.37. The summed E-state index contributed by atoms with van der Waals surface area (Å²) in [5.74, 6) is -2.60. The maximum Gasteiger partial charge on any atom is 0.319 e. The summed E-state index contributed by atoms with van der Waals surface area (Å²) in [6.45, 7) is 4.68. The normalized spacial score (nSPS) is 11.2. The number of esters is 1. The Bertz CT molecular complexity index is 475. The summed E-state index contributed by atoms with van der Waals surface area (Å²) in [6.07, 6.45) is -0.222. The number of hydrogen-bond acceptors (Lipinski definition) is 3. The minimum atomic E-state index is -1.33. The molecule has 0 fully saturated rings. The Morgan fingerprint density at radius 2 is 1.68 bits per heavy atom. The van der Waals surface area contributed by atoms with Crippen LogP contribution in [0.5, 0.6) is 0 Å². The van der Waals surface area contributed by atoms with Gasteiger partial charge in [0, 0.05) is 12.5 Å². The fraction of sp³-hybridized carbons (Fsp3) is 0.429. The second-order valence-electron chi connectivity index (χ2n) is 4.72. The molecule has 0 aromatic heterocycles. The van der Waals surface area contributed by atoms with E-state index in [1.54, 1.807) is 6.92 Å². The van der Waals surface area contributed by atoms with Gasteiger partial charge in [-0.05, 0) is 38.5 Å². The van der Waals surface area contributed by atoms with E-state index in [2.05, 4.69) is 0 Å². The Labute approximate surface area is 110 Å². The first-order valence-electron chi connectivity index (χ1n) is 5.93. The van der Waals surface area contributed by atoms with Crippen molar-refractivity contribution in [3.63, 3.8) is 0 Å². The van der Waals surface area contributed by atoms with Gasteiger partial charge in [-0.3, -0.25) is 9.59 Å². The average molecular weight is 270 g/mol. The first-order chi connectivity index (χ1) is 8.77. The number of carbonyl (C=O) groups is 2. The van der Waals surface area contributed by atoms with Crippen LogP contribution < -0.4 is 0 Å². The van der Waals surface area contributed by atoms with Crippen LogP contribution in [0.3, 0.4) is 0 Å². The summed E-state index contributed by atoms with van der Waals surface area (Å²) < 4.78 is 30.8. The lowest BCUT2D eigenvalue weighted by Crippen LogP contribution is -2.36. The van der Waals surface area contributed by atoms with Gasteiger partial charge in [0.15, 0.2) is 5.78 Å². The Kier molecular flexibility index (Phi) is 4.75. The second-order valence-corrected chi connectivity index (χ2v) is 4.72. The summed E-state index contributed by atoms with van der Waals surface area (Å²) >= 11 is 0. The van der Waals surface area contributed by atoms with Crippen LogP contribution >= 0.6 is 0 Å². The molecule has 104 valence electrons. The van der Waals surface area contributed by atoms with Crippen LogP contribution in [0.25, 0.3) is 0 Å². The third-order valence-corrected chi connectivity index (χ3v) is 2.77. The van der Waals surface area contributed by atoms with E-state index >= 15 is 0 Å². The van der Waals surface area contributed by atoms with E-state index in [0.717, 1.165) is 18.2 Å². The molecule has 0 radical (unpaired) electrons. The van der Waals surface area contributed by atoms with Crippen LogP contribution in [0.4, 0.5) is 8.78 Å². The number of halogens is 2. The molecule has 19 heavy (non-hydrogen) atoms. The number of hydrogen-bond donors (Lipinski definition) is 0. The Balaban J connectivity index is 2.86. The quantitative estimate of drug-likeness (QED) is 0.610. The minimum absolute atomic E-state index is 0.171. The Morgan fingerprint density at radius 1 is 1.16 bits per heavy atom. The number of benzene rings is 1. The SMILES string of the molecule is CCOC(=O)C(C)(C)C(=O)Cc1cc(F)cc(F)c1. The van der Waals surface area contributed by atoms with E-state index in [1.807, 2.05) is 0 Å². The van der Waals surface area contributed by atoms with Gasteiger partial charge >= 0.3 is 5.97 Å². The van der Waals surface area contributed by atoms with E-state index in [9.17, 15) is 18.4 Å². The third-order valence-electron chi connectivity index (χ3n) is 2.77. The van der Waals surface area contributed by atoms with E-state index in [-0.39, 0.29) is 18.6 Å². The number of rotatable bonds is 5. The third kappa shape index (κ3) is 3.84. The fourth-order valence-corrected chi connectivity index (χ4v) is 1.54. The predicted molar refractivity (Wildman–Crippen MR) is 65.5 cm³/mol. The van der Waals surface area contributed by atoms with Crippen molar-refractivity contribution in [2.24, 2.45) is 5.41 Å². The van der Waals surface area contributed by atoms with E-state index in [0.29, 0.717) is 0 Å². The van der Waals surface area contributed by atoms with Gasteiger partial charge in [-0.2, -0.15) is 0 Å². The van der Waals surface area contributed by atoms with Gasteiger partial charge in [0.2, 0.25) is 0 Å². The average Bonchev–Trinajstić information content (AvgIpc) is 2.27. The van der Waals surface area contributed by atoms with Crippen LogP contribution in [-0.2, 0) is 20.7 Å². The molecule has 0 unspecified atom stereocenters. The monoisotopic (exact) mass is 270 g/mol. The van der Waals surface area contributed by atoms with E-state index < -0.39 is 28.8 Å². The lowest BCUT2D eigenvalue weighted by atomic mass is 9.85. The summed E-state index contributed by atoms with van der Waals surface area (Å²) in [7, 11) is 0. The lowest BCUT2D eigenvalue weighted by Gasteiger charge is -2.20. The molecule has 5 heteroatoms. The molecule has 0 N–H and O–H groups in total. The highest BCUT2D eigenvalue weighted by molar-refractivity contribution is 6.03. The molecule has 0 aliphatic carbocycles. The van der Waals surface area contributed by atoms with Crippen LogP contribution in [0.1, 0.15) is 26.3 Å². The maximum atomic E-state index is 13.0. The predicted octanol–water partition coefficient (Wildman–Crippen LogP) is 2.67. The maximum absolute atomic E-state index is 13.0. The molecule has 0 heterocycles. The van der Waals surface area contributed by atoms with Crippen LogP contribution in [-0.4, -0.2) is 18.4 Å². The zero-order chi connectivity index (χ0) is 14.6. The molecule has 0 atom stereocenters. The van der Waals surface area contributed by atoms with Crippen LogP contribution in [0.2, 0.25) is 0 Å². The molecule has 1 rings (SSSR count). The zero-order valence-corrected chi connectivity index (χ0v) is 11.1. The molecule has 0 saturated heterocycles. The molecule has 1 aromatic rings. The molecular formula is C14H16F2O3. The lowest BCUT2D eigenvalue weighted by molar-refractivity contribution is -0.157. The number of ether oxygens (including phenoxy) is 1. The molecule has 0 aliphatic rings. The Hall–Kier alpha value is -1.78. The van der Waals surface area contributed by atoms with Gasteiger partial charge in [-0.1, -0.05) is 0 Å².